The van der Waals surface area contributed by atoms with Crippen LogP contribution in [0.4, 0.5) is 0 Å². The summed E-state index contributed by atoms with van der Waals surface area (Å²) in [6.45, 7) is 3.56. The van der Waals surface area contributed by atoms with Gasteiger partial charge in [0, 0.05) is 19.7 Å². The zero-order valence-corrected chi connectivity index (χ0v) is 14.7. The molecule has 0 N–H and O–H groups in total. The lowest BCUT2D eigenvalue weighted by Crippen LogP contribution is -2.40. The molecule has 0 saturated heterocycles. The van der Waals surface area contributed by atoms with E-state index in [0.29, 0.717) is 5.88 Å². The number of hydrogen-bond acceptors (Lipinski definition) is 6. The molecule has 0 heterocycles. The number of rotatable bonds is 8. The molecule has 0 fully saturated rings. The number of ether oxygens (including phenoxy) is 3. The van der Waals surface area contributed by atoms with E-state index in [4.69, 9.17) is 25.8 Å². The number of carbonyl (C=O) groups is 3. The average molecular weight is 357 g/mol. The Morgan fingerprint density at radius 2 is 1.38 bits per heavy atom. The Hall–Kier alpha value is -2.08. The molecule has 0 unspecified atom stereocenters. The Morgan fingerprint density at radius 1 is 0.917 bits per heavy atom. The Morgan fingerprint density at radius 3 is 1.79 bits per heavy atom. The van der Waals surface area contributed by atoms with Gasteiger partial charge in [0.15, 0.2) is 0 Å². The smallest absolute Gasteiger partial charge is 0.319 e. The zero-order valence-electron chi connectivity index (χ0n) is 14.0. The van der Waals surface area contributed by atoms with Gasteiger partial charge in [-0.15, -0.1) is 11.6 Å². The summed E-state index contributed by atoms with van der Waals surface area (Å²) in [5.74, 6) is -1.28. The van der Waals surface area contributed by atoms with Gasteiger partial charge in [-0.05, 0) is 18.1 Å². The van der Waals surface area contributed by atoms with Crippen molar-refractivity contribution >= 4 is 29.5 Å². The first-order chi connectivity index (χ1) is 11.3. The fourth-order valence-corrected chi connectivity index (χ4v) is 1.91. The summed E-state index contributed by atoms with van der Waals surface area (Å²) in [4.78, 5) is 34.4. The molecule has 1 aromatic carbocycles. The van der Waals surface area contributed by atoms with Crippen molar-refractivity contribution in [1.29, 1.82) is 0 Å². The van der Waals surface area contributed by atoms with Gasteiger partial charge in [-0.1, -0.05) is 24.3 Å². The van der Waals surface area contributed by atoms with E-state index in [0.717, 1.165) is 11.1 Å². The Kier molecular flexibility index (Phi) is 7.71. The minimum Gasteiger partial charge on any atom is -0.465 e. The topological polar surface area (TPSA) is 78.9 Å². The van der Waals surface area contributed by atoms with Crippen LogP contribution in [0.25, 0.3) is 0 Å². The number of halogens is 1. The third-order valence-electron chi connectivity index (χ3n) is 3.23. The summed E-state index contributed by atoms with van der Waals surface area (Å²) in [5, 5.41) is 0. The van der Waals surface area contributed by atoms with Crippen LogP contribution in [0.3, 0.4) is 0 Å². The van der Waals surface area contributed by atoms with Crippen LogP contribution in [0.2, 0.25) is 0 Å². The van der Waals surface area contributed by atoms with Crippen molar-refractivity contribution in [2.45, 2.75) is 33.3 Å². The Bertz CT molecular complexity index is 563. The molecule has 0 aliphatic rings. The van der Waals surface area contributed by atoms with Gasteiger partial charge in [0.1, 0.15) is 25.2 Å². The van der Waals surface area contributed by atoms with Crippen LogP contribution in [0.15, 0.2) is 24.3 Å². The minimum atomic E-state index is -1.27. The van der Waals surface area contributed by atoms with E-state index in [2.05, 4.69) is 0 Å². The Balaban J connectivity index is 2.70. The summed E-state index contributed by atoms with van der Waals surface area (Å²) in [6.07, 6.45) is 0. The highest BCUT2D eigenvalue weighted by Gasteiger charge is 2.38. The van der Waals surface area contributed by atoms with Crippen molar-refractivity contribution in [2.75, 3.05) is 13.2 Å². The second-order valence-electron chi connectivity index (χ2n) is 5.65. The number of benzene rings is 1. The van der Waals surface area contributed by atoms with Gasteiger partial charge in [-0.25, -0.2) is 0 Å². The van der Waals surface area contributed by atoms with E-state index in [1.54, 1.807) is 12.1 Å². The van der Waals surface area contributed by atoms with Crippen molar-refractivity contribution in [2.24, 2.45) is 5.41 Å². The van der Waals surface area contributed by atoms with Crippen molar-refractivity contribution in [3.8, 4) is 0 Å². The lowest BCUT2D eigenvalue weighted by atomic mass is 9.93. The molecular weight excluding hydrogens is 336 g/mol. The molecule has 0 spiro atoms. The van der Waals surface area contributed by atoms with Crippen molar-refractivity contribution in [1.82, 2.24) is 0 Å². The average Bonchev–Trinajstić information content (AvgIpc) is 2.56. The van der Waals surface area contributed by atoms with Gasteiger partial charge in [0.25, 0.3) is 0 Å². The van der Waals surface area contributed by atoms with Crippen LogP contribution in [0.1, 0.15) is 31.9 Å². The Labute approximate surface area is 146 Å². The van der Waals surface area contributed by atoms with E-state index in [-0.39, 0.29) is 19.8 Å². The van der Waals surface area contributed by atoms with Crippen molar-refractivity contribution in [3.05, 3.63) is 35.4 Å². The van der Waals surface area contributed by atoms with Crippen LogP contribution >= 0.6 is 11.6 Å². The van der Waals surface area contributed by atoms with Crippen LogP contribution < -0.4 is 0 Å². The van der Waals surface area contributed by atoms with Crippen LogP contribution in [-0.4, -0.2) is 31.1 Å². The van der Waals surface area contributed by atoms with Crippen LogP contribution in [0, 0.1) is 5.41 Å². The predicted octanol–water partition coefficient (Wildman–Crippen LogP) is 2.60. The second-order valence-corrected chi connectivity index (χ2v) is 5.91. The molecular formula is C17H21ClO6. The lowest BCUT2D eigenvalue weighted by molar-refractivity contribution is -0.170. The van der Waals surface area contributed by atoms with E-state index in [1.165, 1.54) is 20.8 Å². The van der Waals surface area contributed by atoms with Gasteiger partial charge >= 0.3 is 17.9 Å². The SMILES string of the molecule is CC(=O)OCC(C)(COC(C)=O)C(=O)OCc1ccc(CCl)cc1. The van der Waals surface area contributed by atoms with E-state index in [1.807, 2.05) is 12.1 Å². The number of alkyl halides is 1. The highest BCUT2D eigenvalue weighted by Crippen LogP contribution is 2.21. The molecule has 0 saturated carbocycles. The minimum absolute atomic E-state index is 0.0527. The van der Waals surface area contributed by atoms with Crippen LogP contribution in [0.5, 0.6) is 0 Å². The van der Waals surface area contributed by atoms with Gasteiger partial charge in [-0.2, -0.15) is 0 Å². The first kappa shape index (κ1) is 20.0. The second kappa shape index (κ2) is 9.27. The van der Waals surface area contributed by atoms with Gasteiger partial charge in [0.2, 0.25) is 0 Å². The largest absolute Gasteiger partial charge is 0.465 e. The molecule has 24 heavy (non-hydrogen) atoms. The van der Waals surface area contributed by atoms with Crippen molar-refractivity contribution in [3.63, 3.8) is 0 Å². The molecule has 7 heteroatoms. The highest BCUT2D eigenvalue weighted by molar-refractivity contribution is 6.17. The lowest BCUT2D eigenvalue weighted by Gasteiger charge is -2.26. The van der Waals surface area contributed by atoms with Crippen molar-refractivity contribution < 1.29 is 28.6 Å². The fraction of sp³-hybridized carbons (Fsp3) is 0.471. The monoisotopic (exact) mass is 356 g/mol. The molecule has 1 rings (SSSR count). The molecule has 0 radical (unpaired) electrons. The van der Waals surface area contributed by atoms with E-state index < -0.39 is 23.3 Å². The quantitative estimate of drug-likeness (QED) is 0.404. The highest BCUT2D eigenvalue weighted by atomic mass is 35.5. The first-order valence-electron chi connectivity index (χ1n) is 7.34. The van der Waals surface area contributed by atoms with Gasteiger partial charge < -0.3 is 14.2 Å². The summed E-state index contributed by atoms with van der Waals surface area (Å²) >= 11 is 5.72. The normalized spacial score (nSPS) is 10.8. The molecule has 132 valence electrons. The summed E-state index contributed by atoms with van der Waals surface area (Å²) in [5.41, 5.74) is 0.480. The molecule has 0 aliphatic carbocycles. The summed E-state index contributed by atoms with van der Waals surface area (Å²) < 4.78 is 15.1. The molecule has 0 atom stereocenters. The van der Waals surface area contributed by atoms with Gasteiger partial charge in [0.05, 0.1) is 0 Å². The zero-order chi connectivity index (χ0) is 18.2. The fourth-order valence-electron chi connectivity index (χ4n) is 1.73. The van der Waals surface area contributed by atoms with E-state index >= 15 is 0 Å². The predicted molar refractivity (Wildman–Crippen MR) is 87.2 cm³/mol. The standard InChI is InChI=1S/C17H21ClO6/c1-12(19)23-10-17(3,11-24-13(2)20)16(21)22-9-15-6-4-14(8-18)5-7-15/h4-7H,8-11H2,1-3H3. The van der Waals surface area contributed by atoms with Crippen LogP contribution in [-0.2, 0) is 41.1 Å². The maximum absolute atomic E-state index is 12.4. The van der Waals surface area contributed by atoms with Gasteiger partial charge in [-0.3, -0.25) is 14.4 Å². The molecule has 0 bridgehead atoms. The number of hydrogen-bond donors (Lipinski definition) is 0. The maximum atomic E-state index is 12.4. The molecule has 1 aromatic rings. The first-order valence-corrected chi connectivity index (χ1v) is 7.88. The molecule has 0 amide bonds. The number of esters is 3. The molecule has 6 nitrogen and oxygen atoms in total. The maximum Gasteiger partial charge on any atom is 0.319 e. The summed E-state index contributed by atoms with van der Waals surface area (Å²) in [6, 6.07) is 7.29. The number of carbonyl (C=O) groups excluding carboxylic acids is 3. The van der Waals surface area contributed by atoms with E-state index in [9.17, 15) is 14.4 Å². The third kappa shape index (κ3) is 6.58. The third-order valence-corrected chi connectivity index (χ3v) is 3.54. The molecule has 0 aromatic heterocycles. The summed E-state index contributed by atoms with van der Waals surface area (Å²) in [7, 11) is 0. The molecule has 0 aliphatic heterocycles.